The van der Waals surface area contributed by atoms with Crippen LogP contribution in [0.4, 0.5) is 0 Å². The van der Waals surface area contributed by atoms with E-state index >= 15 is 0 Å². The summed E-state index contributed by atoms with van der Waals surface area (Å²) < 4.78 is 0. The maximum atomic E-state index is 6.16. The molecule has 0 saturated heterocycles. The molecule has 0 spiro atoms. The third-order valence-corrected chi connectivity index (χ3v) is 6.24. The molecule has 0 unspecified atom stereocenters. The maximum absolute atomic E-state index is 6.16. The highest BCUT2D eigenvalue weighted by Crippen LogP contribution is 2.34. The molecule has 0 saturated carbocycles. The summed E-state index contributed by atoms with van der Waals surface area (Å²) in [4.78, 5) is 0. The van der Waals surface area contributed by atoms with E-state index in [2.05, 4.69) is 84.9 Å². The Hall–Kier alpha value is -1.62. The van der Waals surface area contributed by atoms with Crippen molar-refractivity contribution in [2.75, 3.05) is 0 Å². The Morgan fingerprint density at radius 1 is 0.619 bits per heavy atom. The molecule has 0 atom stereocenters. The molecule has 3 rings (SSSR count). The SMILES string of the molecule is ClCc1ccccc1P(c1ccccc1)c1ccccc1. The van der Waals surface area contributed by atoms with E-state index < -0.39 is 7.92 Å². The molecule has 0 aliphatic carbocycles. The highest BCUT2D eigenvalue weighted by atomic mass is 35.5. The molecule has 104 valence electrons. The van der Waals surface area contributed by atoms with Gasteiger partial charge in [-0.25, -0.2) is 0 Å². The van der Waals surface area contributed by atoms with Crippen molar-refractivity contribution < 1.29 is 0 Å². The molecule has 21 heavy (non-hydrogen) atoms. The van der Waals surface area contributed by atoms with Crippen LogP contribution in [-0.2, 0) is 5.88 Å². The Bertz CT molecular complexity index is 656. The second-order valence-corrected chi connectivity index (χ2v) is 7.22. The van der Waals surface area contributed by atoms with Crippen LogP contribution in [0, 0.1) is 0 Å². The van der Waals surface area contributed by atoms with Crippen molar-refractivity contribution in [1.29, 1.82) is 0 Å². The summed E-state index contributed by atoms with van der Waals surface area (Å²) in [5.41, 5.74) is 1.22. The topological polar surface area (TPSA) is 0 Å². The third kappa shape index (κ3) is 3.18. The number of benzene rings is 3. The van der Waals surface area contributed by atoms with E-state index in [9.17, 15) is 0 Å². The van der Waals surface area contributed by atoms with Crippen molar-refractivity contribution in [1.82, 2.24) is 0 Å². The lowest BCUT2D eigenvalue weighted by Gasteiger charge is -2.21. The van der Waals surface area contributed by atoms with E-state index in [0.717, 1.165) is 0 Å². The van der Waals surface area contributed by atoms with Crippen LogP contribution >= 0.6 is 19.5 Å². The quantitative estimate of drug-likeness (QED) is 0.501. The van der Waals surface area contributed by atoms with Crippen LogP contribution in [0.15, 0.2) is 84.9 Å². The molecule has 0 aliphatic rings. The molecule has 0 fully saturated rings. The van der Waals surface area contributed by atoms with Crippen LogP contribution < -0.4 is 15.9 Å². The molecule has 0 nitrogen and oxygen atoms in total. The fraction of sp³-hybridized carbons (Fsp3) is 0.0526. The lowest BCUT2D eigenvalue weighted by molar-refractivity contribution is 1.44. The Morgan fingerprint density at radius 2 is 1.10 bits per heavy atom. The smallest absolute Gasteiger partial charge is 0.0480 e. The number of hydrogen-bond donors (Lipinski definition) is 0. The molecule has 3 aromatic carbocycles. The summed E-state index contributed by atoms with van der Waals surface area (Å²) in [5, 5.41) is 4.06. The second-order valence-electron chi connectivity index (χ2n) is 4.77. The maximum Gasteiger partial charge on any atom is 0.0480 e. The molecule has 0 aliphatic heterocycles. The van der Waals surface area contributed by atoms with Gasteiger partial charge in [0.15, 0.2) is 0 Å². The Kier molecular flexibility index (Phi) is 4.70. The van der Waals surface area contributed by atoms with Crippen molar-refractivity contribution in [2.24, 2.45) is 0 Å². The van der Waals surface area contributed by atoms with E-state index in [1.165, 1.54) is 21.5 Å². The van der Waals surface area contributed by atoms with Gasteiger partial charge in [-0.15, -0.1) is 11.6 Å². The largest absolute Gasteiger partial charge is 0.122 e. The number of rotatable bonds is 4. The van der Waals surface area contributed by atoms with Crippen molar-refractivity contribution >= 4 is 35.4 Å². The normalized spacial score (nSPS) is 10.8. The van der Waals surface area contributed by atoms with Gasteiger partial charge in [0.2, 0.25) is 0 Å². The Balaban J connectivity index is 2.17. The fourth-order valence-electron chi connectivity index (χ4n) is 2.42. The lowest BCUT2D eigenvalue weighted by atomic mass is 10.2. The molecule has 0 heterocycles. The fourth-order valence-corrected chi connectivity index (χ4v) is 5.22. The molecular weight excluding hydrogens is 295 g/mol. The van der Waals surface area contributed by atoms with Gasteiger partial charge < -0.3 is 0 Å². The highest BCUT2D eigenvalue weighted by molar-refractivity contribution is 7.79. The monoisotopic (exact) mass is 310 g/mol. The van der Waals surface area contributed by atoms with Crippen LogP contribution in [0.5, 0.6) is 0 Å². The van der Waals surface area contributed by atoms with E-state index in [4.69, 9.17) is 11.6 Å². The zero-order valence-corrected chi connectivity index (χ0v) is 13.3. The van der Waals surface area contributed by atoms with Crippen LogP contribution in [0.25, 0.3) is 0 Å². The zero-order valence-electron chi connectivity index (χ0n) is 11.6. The molecule has 0 aromatic heterocycles. The van der Waals surface area contributed by atoms with Crippen molar-refractivity contribution in [3.8, 4) is 0 Å². The van der Waals surface area contributed by atoms with Crippen molar-refractivity contribution in [2.45, 2.75) is 5.88 Å². The molecule has 2 heteroatoms. The van der Waals surface area contributed by atoms with Crippen LogP contribution in [0.3, 0.4) is 0 Å². The number of halogens is 1. The van der Waals surface area contributed by atoms with Crippen molar-refractivity contribution in [3.05, 3.63) is 90.5 Å². The van der Waals surface area contributed by atoms with Gasteiger partial charge in [0.25, 0.3) is 0 Å². The first-order valence-electron chi connectivity index (χ1n) is 6.94. The summed E-state index contributed by atoms with van der Waals surface area (Å²) in [5.74, 6) is 0.550. The average Bonchev–Trinajstić information content (AvgIpc) is 2.58. The summed E-state index contributed by atoms with van der Waals surface area (Å²) in [6.07, 6.45) is 0. The Labute approximate surface area is 132 Å². The first-order valence-corrected chi connectivity index (χ1v) is 8.82. The summed E-state index contributed by atoms with van der Waals surface area (Å²) >= 11 is 6.16. The van der Waals surface area contributed by atoms with Crippen LogP contribution in [-0.4, -0.2) is 0 Å². The van der Waals surface area contributed by atoms with Crippen molar-refractivity contribution in [3.63, 3.8) is 0 Å². The molecule has 0 N–H and O–H groups in total. The van der Waals surface area contributed by atoms with E-state index in [-0.39, 0.29) is 0 Å². The van der Waals surface area contributed by atoms with Crippen LogP contribution in [0.2, 0.25) is 0 Å². The van der Waals surface area contributed by atoms with Crippen LogP contribution in [0.1, 0.15) is 5.56 Å². The van der Waals surface area contributed by atoms with Gasteiger partial charge in [0.1, 0.15) is 0 Å². The lowest BCUT2D eigenvalue weighted by Crippen LogP contribution is -2.22. The molecule has 0 bridgehead atoms. The van der Waals surface area contributed by atoms with E-state index in [1.807, 2.05) is 0 Å². The molecule has 0 radical (unpaired) electrons. The standard InChI is InChI=1S/C19H16ClP/c20-15-16-9-7-8-14-19(16)21(17-10-3-1-4-11-17)18-12-5-2-6-13-18/h1-14H,15H2. The Morgan fingerprint density at radius 3 is 1.62 bits per heavy atom. The van der Waals surface area contributed by atoms with Gasteiger partial charge in [0.05, 0.1) is 0 Å². The van der Waals surface area contributed by atoms with Gasteiger partial charge in [0, 0.05) is 5.88 Å². The molecular formula is C19H16ClP. The molecule has 0 amide bonds. The number of alkyl halides is 1. The first-order chi connectivity index (χ1) is 10.4. The summed E-state index contributed by atoms with van der Waals surface area (Å²) in [6, 6.07) is 29.9. The molecule has 3 aromatic rings. The van der Waals surface area contributed by atoms with E-state index in [1.54, 1.807) is 0 Å². The average molecular weight is 311 g/mol. The van der Waals surface area contributed by atoms with Gasteiger partial charge in [-0.3, -0.25) is 0 Å². The minimum atomic E-state index is -0.557. The minimum Gasteiger partial charge on any atom is -0.122 e. The predicted molar refractivity (Wildman–Crippen MR) is 94.7 cm³/mol. The third-order valence-electron chi connectivity index (χ3n) is 3.41. The minimum absolute atomic E-state index is 0.550. The zero-order chi connectivity index (χ0) is 14.5. The predicted octanol–water partition coefficient (Wildman–Crippen LogP) is 4.18. The van der Waals surface area contributed by atoms with E-state index in [0.29, 0.717) is 5.88 Å². The highest BCUT2D eigenvalue weighted by Gasteiger charge is 2.18. The first kappa shape index (κ1) is 14.3. The second kappa shape index (κ2) is 6.89. The van der Waals surface area contributed by atoms with Gasteiger partial charge >= 0.3 is 0 Å². The van der Waals surface area contributed by atoms with Gasteiger partial charge in [-0.05, 0) is 29.4 Å². The van der Waals surface area contributed by atoms with Gasteiger partial charge in [-0.1, -0.05) is 84.9 Å². The summed E-state index contributed by atoms with van der Waals surface area (Å²) in [6.45, 7) is 0. The van der Waals surface area contributed by atoms with Gasteiger partial charge in [-0.2, -0.15) is 0 Å². The number of hydrogen-bond acceptors (Lipinski definition) is 0. The summed E-state index contributed by atoms with van der Waals surface area (Å²) in [7, 11) is -0.557.